The van der Waals surface area contributed by atoms with E-state index in [0.29, 0.717) is 23.7 Å². The number of nitrogens with two attached hydrogens (primary N) is 1. The van der Waals surface area contributed by atoms with E-state index >= 15 is 0 Å². The SMILES string of the molecule is CC(C)C[C@H](NC(=O)[C@H](CC(C)C)Nc1nc2ccccc2c(=O)o1)C(N)=O. The summed E-state index contributed by atoms with van der Waals surface area (Å²) in [6.45, 7) is 7.82. The Morgan fingerprint density at radius 3 is 2.29 bits per heavy atom. The largest absolute Gasteiger partial charge is 0.389 e. The molecular formula is C20H28N4O4. The van der Waals surface area contributed by atoms with Gasteiger partial charge in [-0.1, -0.05) is 39.8 Å². The molecule has 0 aliphatic rings. The van der Waals surface area contributed by atoms with Gasteiger partial charge in [-0.15, -0.1) is 0 Å². The van der Waals surface area contributed by atoms with Gasteiger partial charge in [0.05, 0.1) is 10.9 Å². The first-order valence-corrected chi connectivity index (χ1v) is 9.43. The molecule has 0 radical (unpaired) electrons. The molecule has 8 nitrogen and oxygen atoms in total. The van der Waals surface area contributed by atoms with E-state index in [1.165, 1.54) is 0 Å². The van der Waals surface area contributed by atoms with Crippen LogP contribution in [0.3, 0.4) is 0 Å². The Balaban J connectivity index is 2.24. The van der Waals surface area contributed by atoms with Crippen molar-refractivity contribution in [2.24, 2.45) is 17.6 Å². The molecule has 152 valence electrons. The first-order chi connectivity index (χ1) is 13.2. The van der Waals surface area contributed by atoms with Crippen LogP contribution in [0.4, 0.5) is 6.01 Å². The fourth-order valence-electron chi connectivity index (χ4n) is 2.92. The van der Waals surface area contributed by atoms with Crippen LogP contribution in [0.2, 0.25) is 0 Å². The monoisotopic (exact) mass is 388 g/mol. The molecule has 0 spiro atoms. The Bertz CT molecular complexity index is 891. The number of carbonyl (C=O) groups is 2. The summed E-state index contributed by atoms with van der Waals surface area (Å²) in [5.74, 6) is -0.612. The quantitative estimate of drug-likeness (QED) is 0.603. The van der Waals surface area contributed by atoms with Gasteiger partial charge in [-0.2, -0.15) is 4.98 Å². The van der Waals surface area contributed by atoms with Crippen LogP contribution >= 0.6 is 0 Å². The third-order valence-electron chi connectivity index (χ3n) is 4.22. The lowest BCUT2D eigenvalue weighted by Crippen LogP contribution is -2.50. The molecule has 28 heavy (non-hydrogen) atoms. The van der Waals surface area contributed by atoms with Crippen LogP contribution in [0, 0.1) is 11.8 Å². The van der Waals surface area contributed by atoms with Gasteiger partial charge in [-0.05, 0) is 36.8 Å². The third-order valence-corrected chi connectivity index (χ3v) is 4.22. The fraction of sp³-hybridized carbons (Fsp3) is 0.500. The minimum absolute atomic E-state index is 0.0380. The van der Waals surface area contributed by atoms with Crippen LogP contribution in [0.25, 0.3) is 10.9 Å². The maximum Gasteiger partial charge on any atom is 0.348 e. The highest BCUT2D eigenvalue weighted by atomic mass is 16.4. The van der Waals surface area contributed by atoms with Gasteiger partial charge in [0.1, 0.15) is 12.1 Å². The highest BCUT2D eigenvalue weighted by molar-refractivity contribution is 5.90. The Hall–Kier alpha value is -2.90. The van der Waals surface area contributed by atoms with Gasteiger partial charge < -0.3 is 20.8 Å². The molecule has 0 saturated heterocycles. The lowest BCUT2D eigenvalue weighted by molar-refractivity contribution is -0.128. The summed E-state index contributed by atoms with van der Waals surface area (Å²) >= 11 is 0. The first kappa shape index (κ1) is 21.4. The second kappa shape index (κ2) is 9.34. The topological polar surface area (TPSA) is 127 Å². The molecule has 0 fully saturated rings. The number of fused-ring (bicyclic) bond motifs is 1. The average Bonchev–Trinajstić information content (AvgIpc) is 2.59. The highest BCUT2D eigenvalue weighted by Crippen LogP contribution is 2.15. The number of primary amides is 1. The normalized spacial score (nSPS) is 13.5. The number of nitrogens with zero attached hydrogens (tertiary/aromatic N) is 1. The number of hydrogen-bond donors (Lipinski definition) is 3. The molecule has 2 aromatic rings. The number of aromatic nitrogens is 1. The zero-order valence-electron chi connectivity index (χ0n) is 16.7. The van der Waals surface area contributed by atoms with Crippen molar-refractivity contribution in [2.45, 2.75) is 52.6 Å². The number of hydrogen-bond acceptors (Lipinski definition) is 6. The van der Waals surface area contributed by atoms with Gasteiger partial charge >= 0.3 is 5.63 Å². The van der Waals surface area contributed by atoms with Crippen molar-refractivity contribution < 1.29 is 14.0 Å². The van der Waals surface area contributed by atoms with Crippen LogP contribution in [-0.4, -0.2) is 28.9 Å². The molecule has 2 amide bonds. The predicted octanol–water partition coefficient (Wildman–Crippen LogP) is 2.03. The summed E-state index contributed by atoms with van der Waals surface area (Å²) < 4.78 is 5.22. The summed E-state index contributed by atoms with van der Waals surface area (Å²) in [7, 11) is 0. The summed E-state index contributed by atoms with van der Waals surface area (Å²) in [6.07, 6.45) is 0.899. The maximum atomic E-state index is 12.8. The Morgan fingerprint density at radius 1 is 1.07 bits per heavy atom. The molecule has 1 heterocycles. The molecule has 8 heteroatoms. The van der Waals surface area contributed by atoms with Crippen LogP contribution < -0.4 is 22.0 Å². The zero-order chi connectivity index (χ0) is 20.8. The second-order valence-corrected chi connectivity index (χ2v) is 7.74. The van der Waals surface area contributed by atoms with Crippen LogP contribution in [0.15, 0.2) is 33.5 Å². The number of amides is 2. The van der Waals surface area contributed by atoms with Crippen LogP contribution in [0.5, 0.6) is 0 Å². The molecule has 0 bridgehead atoms. The Morgan fingerprint density at radius 2 is 1.68 bits per heavy atom. The molecule has 4 N–H and O–H groups in total. The van der Waals surface area contributed by atoms with E-state index in [0.717, 1.165) is 0 Å². The molecule has 0 unspecified atom stereocenters. The van der Waals surface area contributed by atoms with Gasteiger partial charge in [0.15, 0.2) is 0 Å². The number of rotatable bonds is 9. The molecular weight excluding hydrogens is 360 g/mol. The van der Waals surface area contributed by atoms with E-state index in [1.807, 2.05) is 27.7 Å². The fourth-order valence-corrected chi connectivity index (χ4v) is 2.92. The predicted molar refractivity (Wildman–Crippen MR) is 108 cm³/mol. The Kier molecular flexibility index (Phi) is 7.14. The van der Waals surface area contributed by atoms with E-state index in [-0.39, 0.29) is 17.9 Å². The molecule has 0 aliphatic carbocycles. The molecule has 0 saturated carbocycles. The minimum atomic E-state index is -0.763. The van der Waals surface area contributed by atoms with Crippen molar-refractivity contribution in [1.82, 2.24) is 10.3 Å². The van der Waals surface area contributed by atoms with Crippen molar-refractivity contribution in [3.05, 3.63) is 34.7 Å². The lowest BCUT2D eigenvalue weighted by atomic mass is 10.0. The standard InChI is InChI=1S/C20H28N4O4/c1-11(2)9-15(17(21)25)22-18(26)16(10-12(3)4)24-20-23-14-8-6-5-7-13(14)19(27)28-20/h5-8,11-12,15-16H,9-10H2,1-4H3,(H2,21,25)(H,22,26)(H,23,24)/t15-,16-/m0/s1. The van der Waals surface area contributed by atoms with Gasteiger partial charge in [-0.25, -0.2) is 4.79 Å². The van der Waals surface area contributed by atoms with Crippen LogP contribution in [0.1, 0.15) is 40.5 Å². The molecule has 1 aromatic carbocycles. The van der Waals surface area contributed by atoms with Crippen molar-refractivity contribution in [3.8, 4) is 0 Å². The molecule has 2 rings (SSSR count). The summed E-state index contributed by atoms with van der Waals surface area (Å²) in [4.78, 5) is 40.9. The van der Waals surface area contributed by atoms with Gasteiger partial charge in [-0.3, -0.25) is 9.59 Å². The molecule has 1 aromatic heterocycles. The average molecular weight is 388 g/mol. The van der Waals surface area contributed by atoms with Gasteiger partial charge in [0, 0.05) is 0 Å². The van der Waals surface area contributed by atoms with E-state index < -0.39 is 29.5 Å². The number of benzene rings is 1. The zero-order valence-corrected chi connectivity index (χ0v) is 16.7. The number of anilines is 1. The summed E-state index contributed by atoms with van der Waals surface area (Å²) in [5, 5.41) is 5.96. The highest BCUT2D eigenvalue weighted by Gasteiger charge is 2.26. The number of para-hydroxylation sites is 1. The third kappa shape index (κ3) is 5.80. The Labute approximate surface area is 163 Å². The van der Waals surface area contributed by atoms with E-state index in [2.05, 4.69) is 15.6 Å². The van der Waals surface area contributed by atoms with Crippen molar-refractivity contribution >= 4 is 28.7 Å². The van der Waals surface area contributed by atoms with Crippen molar-refractivity contribution in [1.29, 1.82) is 0 Å². The smallest absolute Gasteiger partial charge is 0.348 e. The maximum absolute atomic E-state index is 12.8. The molecule has 2 atom stereocenters. The van der Waals surface area contributed by atoms with Crippen LogP contribution in [-0.2, 0) is 9.59 Å². The van der Waals surface area contributed by atoms with E-state index in [4.69, 9.17) is 10.2 Å². The summed E-state index contributed by atoms with van der Waals surface area (Å²) in [6, 6.07) is 5.28. The number of carbonyl (C=O) groups excluding carboxylic acids is 2. The van der Waals surface area contributed by atoms with Gasteiger partial charge in [0.2, 0.25) is 11.8 Å². The number of nitrogens with one attached hydrogen (secondary N) is 2. The van der Waals surface area contributed by atoms with Crippen molar-refractivity contribution in [2.75, 3.05) is 5.32 Å². The second-order valence-electron chi connectivity index (χ2n) is 7.74. The van der Waals surface area contributed by atoms with E-state index in [9.17, 15) is 14.4 Å². The lowest BCUT2D eigenvalue weighted by Gasteiger charge is -2.23. The minimum Gasteiger partial charge on any atom is -0.389 e. The first-order valence-electron chi connectivity index (χ1n) is 9.43. The van der Waals surface area contributed by atoms with E-state index in [1.54, 1.807) is 24.3 Å². The van der Waals surface area contributed by atoms with Crippen molar-refractivity contribution in [3.63, 3.8) is 0 Å². The van der Waals surface area contributed by atoms with Gasteiger partial charge in [0.25, 0.3) is 6.01 Å². The molecule has 0 aliphatic heterocycles. The summed E-state index contributed by atoms with van der Waals surface area (Å²) in [5.41, 5.74) is 5.36.